The predicted octanol–water partition coefficient (Wildman–Crippen LogP) is 6.92. The molecule has 0 atom stereocenters. The van der Waals surface area contributed by atoms with Crippen LogP contribution in [0.1, 0.15) is 37.7 Å². The molecule has 9 heteroatoms. The van der Waals surface area contributed by atoms with Gasteiger partial charge >= 0.3 is 6.09 Å². The molecule has 0 saturated heterocycles. The van der Waals surface area contributed by atoms with E-state index in [1.165, 1.54) is 0 Å². The van der Waals surface area contributed by atoms with E-state index in [4.69, 9.17) is 14.2 Å². The van der Waals surface area contributed by atoms with E-state index in [0.717, 1.165) is 33.3 Å². The lowest BCUT2D eigenvalue weighted by molar-refractivity contribution is 0.0635. The summed E-state index contributed by atoms with van der Waals surface area (Å²) in [5.41, 5.74) is 4.64. The van der Waals surface area contributed by atoms with E-state index >= 15 is 0 Å². The Morgan fingerprint density at radius 2 is 1.72 bits per heavy atom. The van der Waals surface area contributed by atoms with Crippen molar-refractivity contribution in [1.82, 2.24) is 20.1 Å². The topological polar surface area (TPSA) is 115 Å². The number of carbonyl (C=O) groups excluding carboxylic acids is 1. The third kappa shape index (κ3) is 5.87. The van der Waals surface area contributed by atoms with Gasteiger partial charge in [-0.25, -0.2) is 19.7 Å². The summed E-state index contributed by atoms with van der Waals surface area (Å²) >= 11 is 0. The monoisotopic (exact) mass is 522 g/mol. The molecule has 5 rings (SSSR count). The molecule has 39 heavy (non-hydrogen) atoms. The normalized spacial score (nSPS) is 11.4. The highest BCUT2D eigenvalue weighted by atomic mass is 16.6. The van der Waals surface area contributed by atoms with E-state index in [0.29, 0.717) is 35.3 Å². The molecule has 0 aliphatic heterocycles. The minimum Gasteiger partial charge on any atom is -0.444 e. The number of fused-ring (bicyclic) bond motifs is 1. The lowest BCUT2D eigenvalue weighted by atomic mass is 10.0. The Morgan fingerprint density at radius 1 is 0.923 bits per heavy atom. The Labute approximate surface area is 226 Å². The second-order valence-corrected chi connectivity index (χ2v) is 10.2. The lowest BCUT2D eigenvalue weighted by Crippen LogP contribution is -2.27. The number of nitrogens with zero attached hydrogens (tertiary/aromatic N) is 4. The van der Waals surface area contributed by atoms with Gasteiger partial charge in [0.05, 0.1) is 22.8 Å². The minimum atomic E-state index is -0.595. The molecule has 0 unspecified atom stereocenters. The zero-order chi connectivity index (χ0) is 27.6. The van der Waals surface area contributed by atoms with Crippen LogP contribution in [0.3, 0.4) is 0 Å². The Morgan fingerprint density at radius 3 is 2.51 bits per heavy atom. The van der Waals surface area contributed by atoms with Crippen molar-refractivity contribution in [2.75, 3.05) is 10.6 Å². The molecule has 0 radical (unpaired) electrons. The maximum Gasteiger partial charge on any atom is 0.412 e. The van der Waals surface area contributed by atoms with Crippen molar-refractivity contribution in [1.29, 1.82) is 0 Å². The molecule has 3 heterocycles. The molecule has 0 spiro atoms. The Balaban J connectivity index is 1.35. The van der Waals surface area contributed by atoms with Crippen molar-refractivity contribution in [3.05, 3.63) is 83.8 Å². The average molecular weight is 523 g/mol. The fourth-order valence-corrected chi connectivity index (χ4v) is 4.24. The summed E-state index contributed by atoms with van der Waals surface area (Å²) in [6, 6.07) is 19.9. The van der Waals surface area contributed by atoms with E-state index in [-0.39, 0.29) is 0 Å². The molecule has 0 aliphatic carbocycles. The van der Waals surface area contributed by atoms with Crippen molar-refractivity contribution >= 4 is 28.5 Å². The summed E-state index contributed by atoms with van der Waals surface area (Å²) in [6.45, 7) is 9.52. The van der Waals surface area contributed by atoms with Gasteiger partial charge in [-0.05, 0) is 63.6 Å². The Hall–Kier alpha value is -4.79. The second kappa shape index (κ2) is 10.5. The molecule has 0 fully saturated rings. The summed E-state index contributed by atoms with van der Waals surface area (Å²) in [4.78, 5) is 26.0. The molecule has 5 aromatic rings. The van der Waals surface area contributed by atoms with E-state index in [2.05, 4.69) is 50.0 Å². The first-order valence-corrected chi connectivity index (χ1v) is 12.7. The molecule has 0 bridgehead atoms. The van der Waals surface area contributed by atoms with Gasteiger partial charge in [-0.2, -0.15) is 0 Å². The summed E-state index contributed by atoms with van der Waals surface area (Å²) in [7, 11) is 0. The van der Waals surface area contributed by atoms with Crippen molar-refractivity contribution < 1.29 is 14.1 Å². The predicted molar refractivity (Wildman–Crippen MR) is 151 cm³/mol. The van der Waals surface area contributed by atoms with Crippen molar-refractivity contribution in [2.24, 2.45) is 0 Å². The zero-order valence-electron chi connectivity index (χ0n) is 22.6. The van der Waals surface area contributed by atoms with Crippen LogP contribution in [0, 0.1) is 13.8 Å². The number of hydrogen-bond acceptors (Lipinski definition) is 8. The standard InChI is InChI=1S/C30H30N6O3/c1-18-23(27(39-36-18)26-14-13-24(19(2)33-26)35-29(37)38-30(3,4)5)17-32-28-31-16-15-25(34-28)22-12-8-10-20-9-6-7-11-21(20)22/h6-16H,17H2,1-5H3,(H,35,37)(H,31,32,34). The van der Waals surface area contributed by atoms with Gasteiger partial charge in [0.2, 0.25) is 5.95 Å². The van der Waals surface area contributed by atoms with Crippen molar-refractivity contribution in [3.63, 3.8) is 0 Å². The highest BCUT2D eigenvalue weighted by molar-refractivity contribution is 5.95. The van der Waals surface area contributed by atoms with Gasteiger partial charge in [-0.15, -0.1) is 0 Å². The van der Waals surface area contributed by atoms with Gasteiger partial charge < -0.3 is 14.6 Å². The molecule has 0 aliphatic rings. The SMILES string of the molecule is Cc1nc(-c2onc(C)c2CNc2nccc(-c3cccc4ccccc34)n2)ccc1NC(=O)OC(C)(C)C. The number of hydrogen-bond donors (Lipinski definition) is 2. The summed E-state index contributed by atoms with van der Waals surface area (Å²) in [6.07, 6.45) is 1.21. The van der Waals surface area contributed by atoms with Crippen LogP contribution in [-0.4, -0.2) is 31.8 Å². The number of anilines is 2. The first-order chi connectivity index (χ1) is 18.7. The number of amides is 1. The quantitative estimate of drug-likeness (QED) is 0.247. The summed E-state index contributed by atoms with van der Waals surface area (Å²) in [5.74, 6) is 1.03. The third-order valence-corrected chi connectivity index (χ3v) is 6.08. The Bertz CT molecular complexity index is 1650. The van der Waals surface area contributed by atoms with Crippen molar-refractivity contribution in [2.45, 2.75) is 46.8 Å². The third-order valence-electron chi connectivity index (χ3n) is 6.08. The van der Waals surface area contributed by atoms with Crippen LogP contribution in [0.15, 0.2) is 71.4 Å². The van der Waals surface area contributed by atoms with Crippen LogP contribution in [0.2, 0.25) is 0 Å². The highest BCUT2D eigenvalue weighted by Crippen LogP contribution is 2.29. The number of benzene rings is 2. The molecule has 2 N–H and O–H groups in total. The zero-order valence-corrected chi connectivity index (χ0v) is 22.6. The fourth-order valence-electron chi connectivity index (χ4n) is 4.24. The number of aryl methyl sites for hydroxylation is 2. The molecule has 0 saturated carbocycles. The van der Waals surface area contributed by atoms with Crippen molar-refractivity contribution in [3.8, 4) is 22.7 Å². The van der Waals surface area contributed by atoms with E-state index in [1.807, 2.05) is 58.9 Å². The number of nitrogens with one attached hydrogen (secondary N) is 2. The summed E-state index contributed by atoms with van der Waals surface area (Å²) < 4.78 is 11.0. The average Bonchev–Trinajstić information content (AvgIpc) is 3.27. The molecule has 1 amide bonds. The maximum absolute atomic E-state index is 12.2. The second-order valence-electron chi connectivity index (χ2n) is 10.2. The molecule has 9 nitrogen and oxygen atoms in total. The number of rotatable bonds is 6. The highest BCUT2D eigenvalue weighted by Gasteiger charge is 2.20. The first kappa shape index (κ1) is 25.8. The number of ether oxygens (including phenoxy) is 1. The molecule has 3 aromatic heterocycles. The molecular formula is C30H30N6O3. The lowest BCUT2D eigenvalue weighted by Gasteiger charge is -2.20. The van der Waals surface area contributed by atoms with Crippen LogP contribution in [-0.2, 0) is 11.3 Å². The van der Waals surface area contributed by atoms with Gasteiger partial charge in [0, 0.05) is 23.9 Å². The summed E-state index contributed by atoms with van der Waals surface area (Å²) in [5, 5.41) is 12.5. The minimum absolute atomic E-state index is 0.391. The van der Waals surface area contributed by atoms with Crippen LogP contribution in [0.5, 0.6) is 0 Å². The van der Waals surface area contributed by atoms with Gasteiger partial charge in [0.1, 0.15) is 11.3 Å². The smallest absolute Gasteiger partial charge is 0.412 e. The van der Waals surface area contributed by atoms with E-state index < -0.39 is 11.7 Å². The van der Waals surface area contributed by atoms with E-state index in [1.54, 1.807) is 18.3 Å². The first-order valence-electron chi connectivity index (χ1n) is 12.7. The Kier molecular flexibility index (Phi) is 6.98. The van der Waals surface area contributed by atoms with Crippen LogP contribution in [0.4, 0.5) is 16.4 Å². The number of aromatic nitrogens is 4. The number of pyridine rings is 1. The van der Waals surface area contributed by atoms with Gasteiger partial charge in [-0.3, -0.25) is 5.32 Å². The molecular weight excluding hydrogens is 492 g/mol. The van der Waals surface area contributed by atoms with Crippen LogP contribution >= 0.6 is 0 Å². The van der Waals surface area contributed by atoms with Gasteiger partial charge in [0.25, 0.3) is 0 Å². The number of carbonyl (C=O) groups is 1. The van der Waals surface area contributed by atoms with Gasteiger partial charge in [0.15, 0.2) is 5.76 Å². The largest absolute Gasteiger partial charge is 0.444 e. The van der Waals surface area contributed by atoms with Crippen LogP contribution in [0.25, 0.3) is 33.5 Å². The van der Waals surface area contributed by atoms with E-state index in [9.17, 15) is 4.79 Å². The molecule has 198 valence electrons. The van der Waals surface area contributed by atoms with Crippen LogP contribution < -0.4 is 10.6 Å². The fraction of sp³-hybridized carbons (Fsp3) is 0.233. The molecule has 2 aromatic carbocycles. The maximum atomic E-state index is 12.2. The van der Waals surface area contributed by atoms with Gasteiger partial charge in [-0.1, -0.05) is 47.6 Å².